The van der Waals surface area contributed by atoms with Crippen LogP contribution in [0.25, 0.3) is 0 Å². The van der Waals surface area contributed by atoms with E-state index >= 15 is 0 Å². The van der Waals surface area contributed by atoms with Crippen molar-refractivity contribution >= 4 is 68.9 Å². The maximum absolute atomic E-state index is 8.52. The predicted molar refractivity (Wildman–Crippen MR) is 37.2 cm³/mol. The topological polar surface area (TPSA) is 241 Å². The fraction of sp³-hybridized carbons (Fsp3) is 0. The standard InChI is InChI=1S/Ca.3H2O4S.W/c;3*1-5(2,3)4;/h;3*(H2,1,2,3,4);/q+2;;;;+4/p-6. The predicted octanol–water partition coefficient (Wildman–Crippen LogP) is -4.40. The molecule has 0 bridgehead atoms. The Morgan fingerprint density at radius 3 is 0.471 bits per heavy atom. The largest absolute Gasteiger partial charge is 4.00 e. The van der Waals surface area contributed by atoms with Crippen LogP contribution in [-0.2, 0) is 52.3 Å². The molecule has 0 aromatic carbocycles. The van der Waals surface area contributed by atoms with E-state index in [1.54, 1.807) is 0 Å². The van der Waals surface area contributed by atoms with Crippen molar-refractivity contribution in [3.05, 3.63) is 0 Å². The number of hydrogen-bond donors (Lipinski definition) is 0. The quantitative estimate of drug-likeness (QED) is 0.170. The molecule has 0 heterocycles. The average Bonchev–Trinajstić information content (AvgIpc) is 1.41. The van der Waals surface area contributed by atoms with Crippen molar-refractivity contribution in [1.29, 1.82) is 0 Å². The average molecular weight is 512 g/mol. The number of rotatable bonds is 0. The number of hydrogen-bond acceptors (Lipinski definition) is 12. The Labute approximate surface area is 141 Å². The molecule has 0 aliphatic heterocycles. The molecule has 12 nitrogen and oxygen atoms in total. The van der Waals surface area contributed by atoms with Crippen LogP contribution in [0.2, 0.25) is 0 Å². The van der Waals surface area contributed by atoms with Gasteiger partial charge < -0.3 is 27.3 Å². The third kappa shape index (κ3) is 1750. The first kappa shape index (κ1) is 31.1. The summed E-state index contributed by atoms with van der Waals surface area (Å²) in [6.07, 6.45) is 0. The fourth-order valence-corrected chi connectivity index (χ4v) is 0. The molecule has 0 saturated carbocycles. The van der Waals surface area contributed by atoms with Crippen molar-refractivity contribution in [2.75, 3.05) is 0 Å². The van der Waals surface area contributed by atoms with Gasteiger partial charge in [-0.05, 0) is 0 Å². The first-order valence-electron chi connectivity index (χ1n) is 2.00. The summed E-state index contributed by atoms with van der Waals surface area (Å²) in [5.74, 6) is 0. The maximum Gasteiger partial charge on any atom is 4.00 e. The van der Waals surface area contributed by atoms with Crippen molar-refractivity contribution in [3.8, 4) is 0 Å². The summed E-state index contributed by atoms with van der Waals surface area (Å²) < 4.78 is 102. The van der Waals surface area contributed by atoms with Gasteiger partial charge in [0.05, 0.1) is 0 Å². The van der Waals surface area contributed by atoms with Crippen LogP contribution in [0.5, 0.6) is 0 Å². The van der Waals surface area contributed by atoms with Gasteiger partial charge in [-0.3, -0.25) is 25.3 Å². The molecule has 98 valence electrons. The van der Waals surface area contributed by atoms with E-state index in [2.05, 4.69) is 0 Å². The van der Waals surface area contributed by atoms with Crippen LogP contribution in [0.1, 0.15) is 0 Å². The molecule has 0 radical (unpaired) electrons. The third-order valence-corrected chi connectivity index (χ3v) is 0. The zero-order valence-electron chi connectivity index (χ0n) is 7.24. The second kappa shape index (κ2) is 12.6. The summed E-state index contributed by atoms with van der Waals surface area (Å²) in [4.78, 5) is 0. The van der Waals surface area contributed by atoms with Crippen molar-refractivity contribution < 1.29 is 73.6 Å². The van der Waals surface area contributed by atoms with Crippen LogP contribution in [0, 0.1) is 0 Å². The van der Waals surface area contributed by atoms with E-state index in [0.717, 1.165) is 0 Å². The molecule has 0 aliphatic carbocycles. The van der Waals surface area contributed by atoms with Gasteiger partial charge in [0.2, 0.25) is 0 Å². The summed E-state index contributed by atoms with van der Waals surface area (Å²) in [5, 5.41) is 0. The minimum Gasteiger partial charge on any atom is -0.759 e. The van der Waals surface area contributed by atoms with E-state index in [-0.39, 0.29) is 58.8 Å². The smallest absolute Gasteiger partial charge is 0.759 e. The Morgan fingerprint density at radius 2 is 0.471 bits per heavy atom. The van der Waals surface area contributed by atoms with E-state index < -0.39 is 31.2 Å². The Hall–Kier alpha value is 1.56. The summed E-state index contributed by atoms with van der Waals surface area (Å²) in [6.45, 7) is 0. The van der Waals surface area contributed by atoms with Gasteiger partial charge in [0.1, 0.15) is 0 Å². The molecule has 0 amide bonds. The molecule has 0 N–H and O–H groups in total. The Balaban J connectivity index is -0.0000000400. The van der Waals surface area contributed by atoms with Crippen molar-refractivity contribution in [2.45, 2.75) is 0 Å². The Bertz CT molecular complexity index is 343. The molecular formula is CaO12S3W. The minimum atomic E-state index is -5.17. The van der Waals surface area contributed by atoms with Crippen LogP contribution in [0.3, 0.4) is 0 Å². The molecule has 0 rings (SSSR count). The molecule has 0 aromatic rings. The molecule has 0 aliphatic rings. The van der Waals surface area contributed by atoms with Gasteiger partial charge in [-0.25, -0.2) is 0 Å². The second-order valence-electron chi connectivity index (χ2n) is 1.22. The van der Waals surface area contributed by atoms with Crippen LogP contribution in [-0.4, -0.2) is 90.3 Å². The van der Waals surface area contributed by atoms with Gasteiger partial charge in [-0.15, -0.1) is 0 Å². The molecule has 0 atom stereocenters. The van der Waals surface area contributed by atoms with E-state index in [9.17, 15) is 0 Å². The molecule has 0 fully saturated rings. The van der Waals surface area contributed by atoms with Gasteiger partial charge in [0.25, 0.3) is 0 Å². The Morgan fingerprint density at radius 1 is 0.471 bits per heavy atom. The summed E-state index contributed by atoms with van der Waals surface area (Å²) in [6, 6.07) is 0. The molecule has 0 aromatic heterocycles. The zero-order chi connectivity index (χ0) is 13.5. The maximum atomic E-state index is 8.52. The van der Waals surface area contributed by atoms with Crippen LogP contribution >= 0.6 is 0 Å². The second-order valence-corrected chi connectivity index (χ2v) is 3.67. The third-order valence-electron chi connectivity index (χ3n) is 0. The van der Waals surface area contributed by atoms with Crippen LogP contribution in [0.15, 0.2) is 0 Å². The molecule has 0 spiro atoms. The fourth-order valence-electron chi connectivity index (χ4n) is 0. The zero-order valence-corrected chi connectivity index (χ0v) is 14.8. The first-order chi connectivity index (χ1) is 6.00. The monoisotopic (exact) mass is 512 g/mol. The van der Waals surface area contributed by atoms with E-state index in [4.69, 9.17) is 52.6 Å². The van der Waals surface area contributed by atoms with Crippen molar-refractivity contribution in [2.24, 2.45) is 0 Å². The van der Waals surface area contributed by atoms with Gasteiger partial charge in [-0.1, -0.05) is 0 Å². The minimum absolute atomic E-state index is 0. The first-order valence-corrected chi connectivity index (χ1v) is 6.00. The SMILES string of the molecule is O=S(=O)([O-])[O-].O=S(=O)([O-])[O-].O=S(=O)([O-])[O-].[Ca+2].[W+4]. The van der Waals surface area contributed by atoms with Crippen LogP contribution < -0.4 is 0 Å². The van der Waals surface area contributed by atoms with Gasteiger partial charge in [0.15, 0.2) is 0 Å². The molecular weight excluding hydrogens is 512 g/mol. The Kier molecular flexibility index (Phi) is 23.0. The van der Waals surface area contributed by atoms with Gasteiger partial charge >= 0.3 is 58.8 Å². The van der Waals surface area contributed by atoms with Gasteiger partial charge in [0, 0.05) is 31.2 Å². The van der Waals surface area contributed by atoms with E-state index in [1.807, 2.05) is 0 Å². The van der Waals surface area contributed by atoms with Crippen molar-refractivity contribution in [3.63, 3.8) is 0 Å². The molecule has 0 unspecified atom stereocenters. The van der Waals surface area contributed by atoms with Gasteiger partial charge in [-0.2, -0.15) is 0 Å². The summed E-state index contributed by atoms with van der Waals surface area (Å²) >= 11 is 0. The normalized spacial score (nSPS) is 10.2. The molecule has 0 saturated heterocycles. The molecule has 17 heteroatoms. The summed E-state index contributed by atoms with van der Waals surface area (Å²) in [7, 11) is -15.5. The van der Waals surface area contributed by atoms with E-state index in [1.165, 1.54) is 0 Å². The van der Waals surface area contributed by atoms with Crippen LogP contribution in [0.4, 0.5) is 0 Å². The van der Waals surface area contributed by atoms with E-state index in [0.29, 0.717) is 0 Å². The summed E-state index contributed by atoms with van der Waals surface area (Å²) in [5.41, 5.74) is 0. The molecule has 17 heavy (non-hydrogen) atoms. The van der Waals surface area contributed by atoms with Crippen molar-refractivity contribution in [1.82, 2.24) is 0 Å².